The van der Waals surface area contributed by atoms with Crippen molar-refractivity contribution in [3.05, 3.63) is 72.2 Å². The van der Waals surface area contributed by atoms with Gasteiger partial charge in [-0.1, -0.05) is 23.4 Å². The summed E-state index contributed by atoms with van der Waals surface area (Å²) in [6.45, 7) is 2.84. The molecule has 0 aromatic heterocycles. The van der Waals surface area contributed by atoms with E-state index in [4.69, 9.17) is 0 Å². The lowest BCUT2D eigenvalue weighted by molar-refractivity contribution is -0.386. The Labute approximate surface area is 177 Å². The summed E-state index contributed by atoms with van der Waals surface area (Å²) in [4.78, 5) is 19.1. The molecule has 7 nitrogen and oxygen atoms in total. The first-order valence-corrected chi connectivity index (χ1v) is 11.0. The average molecular weight is 517 g/mol. The summed E-state index contributed by atoms with van der Waals surface area (Å²) in [6.07, 6.45) is -5.79. The number of nitro groups is 2. The third kappa shape index (κ3) is 7.49. The topological polar surface area (TPSA) is 103 Å². The number of alkyl halides is 4. The van der Waals surface area contributed by atoms with Crippen LogP contribution in [0.25, 0.3) is 0 Å². The summed E-state index contributed by atoms with van der Waals surface area (Å²) in [6, 6.07) is 6.61. The highest BCUT2D eigenvalue weighted by atomic mass is 79.9. The number of halogens is 5. The number of hydrogen-bond donors (Lipinski definition) is 0. The van der Waals surface area contributed by atoms with Crippen molar-refractivity contribution in [2.24, 2.45) is 0 Å². The Hall–Kier alpha value is -2.33. The molecule has 0 saturated heterocycles. The number of rotatable bonds is 5. The minimum atomic E-state index is -2.95. The second kappa shape index (κ2) is 11.2. The maximum atomic E-state index is 12.6. The van der Waals surface area contributed by atoms with Gasteiger partial charge in [0.15, 0.2) is 0 Å². The fraction of sp³-hybridized carbons (Fsp3) is 0.294. The number of hydrogen-bond acceptors (Lipinski definition) is 5. The quantitative estimate of drug-likeness (QED) is 0.190. The summed E-state index contributed by atoms with van der Waals surface area (Å²) < 4.78 is 61.7. The summed E-state index contributed by atoms with van der Waals surface area (Å²) in [5, 5.41) is 21.0. The van der Waals surface area contributed by atoms with Crippen molar-refractivity contribution in [1.29, 1.82) is 0 Å². The molecule has 0 saturated carbocycles. The minimum Gasteiger partial charge on any atom is -0.319 e. The van der Waals surface area contributed by atoms with Gasteiger partial charge >= 0.3 is 0 Å². The van der Waals surface area contributed by atoms with Crippen LogP contribution in [0.5, 0.6) is 0 Å². The molecule has 166 valence electrons. The van der Waals surface area contributed by atoms with Crippen molar-refractivity contribution in [3.8, 4) is 0 Å². The van der Waals surface area contributed by atoms with Gasteiger partial charge in [-0.3, -0.25) is 20.2 Å². The maximum absolute atomic E-state index is 12.6. The van der Waals surface area contributed by atoms with Gasteiger partial charge < -0.3 is 4.57 Å². The SMILES string of the molecule is C.CP(C)(=O)c1ccc([N+](=O)[O-])c(C(F)F)c1.O=[N+]([O-])c1ccc(Br)cc1C(F)F. The Morgan fingerprint density at radius 2 is 1.27 bits per heavy atom. The molecule has 2 rings (SSSR count). The molecule has 0 N–H and O–H groups in total. The van der Waals surface area contributed by atoms with Crippen LogP contribution in [-0.2, 0) is 4.57 Å². The molecule has 0 aliphatic rings. The fourth-order valence-electron chi connectivity index (χ4n) is 2.08. The average Bonchev–Trinajstić information content (AvgIpc) is 2.60. The van der Waals surface area contributed by atoms with Crippen LogP contribution in [0.1, 0.15) is 31.4 Å². The van der Waals surface area contributed by atoms with E-state index in [0.717, 1.165) is 24.3 Å². The van der Waals surface area contributed by atoms with Crippen LogP contribution in [0.4, 0.5) is 28.9 Å². The summed E-state index contributed by atoms with van der Waals surface area (Å²) in [5.41, 5.74) is -2.46. The van der Waals surface area contributed by atoms with Crippen molar-refractivity contribution in [3.63, 3.8) is 0 Å². The molecule has 13 heteroatoms. The molecule has 30 heavy (non-hydrogen) atoms. The zero-order valence-corrected chi connectivity index (χ0v) is 17.4. The van der Waals surface area contributed by atoms with Gasteiger partial charge in [0.1, 0.15) is 7.14 Å². The highest BCUT2D eigenvalue weighted by molar-refractivity contribution is 9.10. The van der Waals surface area contributed by atoms with E-state index in [1.54, 1.807) is 0 Å². The van der Waals surface area contributed by atoms with Crippen molar-refractivity contribution in [2.45, 2.75) is 20.3 Å². The van der Waals surface area contributed by atoms with Gasteiger partial charge in [-0.05, 0) is 37.6 Å². The van der Waals surface area contributed by atoms with Crippen LogP contribution in [0, 0.1) is 20.2 Å². The normalized spacial score (nSPS) is 10.8. The first-order valence-electron chi connectivity index (χ1n) is 7.59. The Kier molecular flexibility index (Phi) is 10.3. The predicted octanol–water partition coefficient (Wildman–Crippen LogP) is 6.71. The predicted molar refractivity (Wildman–Crippen MR) is 110 cm³/mol. The lowest BCUT2D eigenvalue weighted by Gasteiger charge is -2.09. The van der Waals surface area contributed by atoms with Crippen LogP contribution < -0.4 is 5.30 Å². The first kappa shape index (κ1) is 27.7. The Balaban J connectivity index is 0.000000553. The maximum Gasteiger partial charge on any atom is 0.278 e. The lowest BCUT2D eigenvalue weighted by atomic mass is 10.2. The molecule has 2 aromatic carbocycles. The lowest BCUT2D eigenvalue weighted by Crippen LogP contribution is -2.07. The Morgan fingerprint density at radius 1 is 0.867 bits per heavy atom. The molecule has 0 aliphatic carbocycles. The third-order valence-corrected chi connectivity index (χ3v) is 5.50. The van der Waals surface area contributed by atoms with Crippen LogP contribution >= 0.6 is 23.1 Å². The van der Waals surface area contributed by atoms with E-state index in [1.807, 2.05) is 0 Å². The Bertz CT molecular complexity index is 969. The largest absolute Gasteiger partial charge is 0.319 e. The van der Waals surface area contributed by atoms with Gasteiger partial charge in [0, 0.05) is 21.9 Å². The molecule has 0 atom stereocenters. The van der Waals surface area contributed by atoms with Crippen molar-refractivity contribution in [1.82, 2.24) is 0 Å². The number of nitro benzene ring substituents is 2. The second-order valence-corrected chi connectivity index (χ2v) is 10.0. The van der Waals surface area contributed by atoms with Gasteiger partial charge in [-0.25, -0.2) is 17.6 Å². The van der Waals surface area contributed by atoms with Gasteiger partial charge in [-0.15, -0.1) is 0 Å². The molecule has 0 fully saturated rings. The zero-order chi connectivity index (χ0) is 22.5. The van der Waals surface area contributed by atoms with Crippen molar-refractivity contribution in [2.75, 3.05) is 13.3 Å². The van der Waals surface area contributed by atoms with Gasteiger partial charge in [0.2, 0.25) is 0 Å². The Morgan fingerprint density at radius 3 is 1.63 bits per heavy atom. The molecule has 0 aliphatic heterocycles. The molecule has 0 amide bonds. The number of nitrogens with zero attached hydrogens (tertiary/aromatic N) is 2. The van der Waals surface area contributed by atoms with E-state index < -0.39 is 52.3 Å². The standard InChI is InChI=1S/C9H10F2NO3P.C7H4BrF2NO2.CH4/c1-16(2,15)6-3-4-8(12(13)14)7(5-6)9(10)11;8-4-1-2-6(11(12)13)5(3-4)7(9)10;/h3-5,9H,1-2H3;1-3,7H;1H4. The van der Waals surface area contributed by atoms with E-state index in [2.05, 4.69) is 15.9 Å². The van der Waals surface area contributed by atoms with E-state index in [9.17, 15) is 42.4 Å². The third-order valence-electron chi connectivity index (χ3n) is 3.49. The van der Waals surface area contributed by atoms with Crippen molar-refractivity contribution < 1.29 is 32.0 Å². The molecule has 0 spiro atoms. The molecule has 0 heterocycles. The van der Waals surface area contributed by atoms with E-state index in [1.165, 1.54) is 25.5 Å². The summed E-state index contributed by atoms with van der Waals surface area (Å²) in [5.74, 6) is 0. The van der Waals surface area contributed by atoms with Crippen LogP contribution in [0.15, 0.2) is 40.9 Å². The van der Waals surface area contributed by atoms with Crippen LogP contribution in [0.3, 0.4) is 0 Å². The highest BCUT2D eigenvalue weighted by Gasteiger charge is 2.24. The molecule has 0 unspecified atom stereocenters. The van der Waals surface area contributed by atoms with Crippen LogP contribution in [-0.4, -0.2) is 23.2 Å². The first-order chi connectivity index (χ1) is 13.3. The highest BCUT2D eigenvalue weighted by Crippen LogP contribution is 2.38. The smallest absolute Gasteiger partial charge is 0.278 e. The van der Waals surface area contributed by atoms with Crippen LogP contribution in [0.2, 0.25) is 0 Å². The van der Waals surface area contributed by atoms with E-state index >= 15 is 0 Å². The zero-order valence-electron chi connectivity index (χ0n) is 14.9. The van der Waals surface area contributed by atoms with E-state index in [-0.39, 0.29) is 12.7 Å². The molecular weight excluding hydrogens is 499 g/mol. The number of benzene rings is 2. The van der Waals surface area contributed by atoms with E-state index in [0.29, 0.717) is 4.47 Å². The second-order valence-electron chi connectivity index (χ2n) is 5.91. The minimum absolute atomic E-state index is 0. The fourth-order valence-corrected chi connectivity index (χ4v) is 3.35. The molecular formula is C17H18BrF4N2O5P. The van der Waals surface area contributed by atoms with Gasteiger partial charge in [-0.2, -0.15) is 0 Å². The summed E-state index contributed by atoms with van der Waals surface area (Å²) >= 11 is 2.96. The summed E-state index contributed by atoms with van der Waals surface area (Å²) in [7, 11) is -2.69. The van der Waals surface area contributed by atoms with Crippen molar-refractivity contribution >= 4 is 39.8 Å². The molecule has 2 aromatic rings. The molecule has 0 bridgehead atoms. The molecule has 0 radical (unpaired) electrons. The van der Waals surface area contributed by atoms with Gasteiger partial charge in [0.05, 0.1) is 21.0 Å². The monoisotopic (exact) mass is 516 g/mol. The van der Waals surface area contributed by atoms with Gasteiger partial charge in [0.25, 0.3) is 24.2 Å².